The van der Waals surface area contributed by atoms with E-state index in [0.717, 1.165) is 27.6 Å². The number of hydrogen-bond acceptors (Lipinski definition) is 5. The van der Waals surface area contributed by atoms with Crippen molar-refractivity contribution >= 4 is 40.3 Å². The molecule has 21 heavy (non-hydrogen) atoms. The van der Waals surface area contributed by atoms with Crippen LogP contribution in [0.5, 0.6) is 0 Å². The smallest absolute Gasteiger partial charge is 0.348 e. The van der Waals surface area contributed by atoms with Crippen LogP contribution in [0.2, 0.25) is 0 Å². The van der Waals surface area contributed by atoms with Crippen LogP contribution in [0.25, 0.3) is 22.0 Å². The maximum absolute atomic E-state index is 12.0. The van der Waals surface area contributed by atoms with Gasteiger partial charge in [-0.25, -0.2) is 4.79 Å². The summed E-state index contributed by atoms with van der Waals surface area (Å²) in [7, 11) is 1.38. The van der Waals surface area contributed by atoms with E-state index in [9.17, 15) is 4.79 Å². The average molecular weight is 316 g/mol. The Labute approximate surface area is 130 Å². The van der Waals surface area contributed by atoms with Crippen LogP contribution in [0.3, 0.4) is 0 Å². The molecule has 0 aliphatic carbocycles. The molecular formula is C15H12N2O2S2. The third-order valence-electron chi connectivity index (χ3n) is 3.28. The van der Waals surface area contributed by atoms with E-state index in [2.05, 4.69) is 10.2 Å². The summed E-state index contributed by atoms with van der Waals surface area (Å²) >= 11 is 6.64. The third kappa shape index (κ3) is 2.26. The van der Waals surface area contributed by atoms with Crippen molar-refractivity contribution in [2.24, 2.45) is 0 Å². The van der Waals surface area contributed by atoms with Gasteiger partial charge in [-0.15, -0.1) is 11.3 Å². The van der Waals surface area contributed by atoms with E-state index in [4.69, 9.17) is 17.0 Å². The summed E-state index contributed by atoms with van der Waals surface area (Å²) in [4.78, 5) is 12.5. The van der Waals surface area contributed by atoms with Gasteiger partial charge >= 0.3 is 5.97 Å². The van der Waals surface area contributed by atoms with Crippen LogP contribution in [0.15, 0.2) is 29.6 Å². The van der Waals surface area contributed by atoms with Gasteiger partial charge in [0.15, 0.2) is 0 Å². The van der Waals surface area contributed by atoms with E-state index in [1.54, 1.807) is 0 Å². The first-order chi connectivity index (χ1) is 10.1. The quantitative estimate of drug-likeness (QED) is 0.571. The number of methoxy groups -OCH3 is 1. The SMILES string of the molecule is COC(=O)c1scc(C)c1-c1n[nH]c(=S)c2ccccc12. The Hall–Kier alpha value is -2.05. The van der Waals surface area contributed by atoms with Crippen molar-refractivity contribution in [3.63, 3.8) is 0 Å². The fourth-order valence-corrected chi connectivity index (χ4v) is 3.48. The predicted octanol–water partition coefficient (Wildman–Crippen LogP) is 4.12. The molecule has 3 rings (SSSR count). The van der Waals surface area contributed by atoms with Crippen molar-refractivity contribution in [1.29, 1.82) is 0 Å². The molecule has 0 atom stereocenters. The molecule has 4 nitrogen and oxygen atoms in total. The number of H-pyrrole nitrogens is 1. The van der Waals surface area contributed by atoms with Crippen molar-refractivity contribution in [3.8, 4) is 11.3 Å². The predicted molar refractivity (Wildman–Crippen MR) is 86.3 cm³/mol. The minimum absolute atomic E-state index is 0.351. The van der Waals surface area contributed by atoms with Crippen molar-refractivity contribution < 1.29 is 9.53 Å². The standard InChI is InChI=1S/C15H12N2O2S2/c1-8-7-21-13(15(18)19-2)11(8)12-9-5-3-4-6-10(9)14(20)17-16-12/h3-7H,1-2H3,(H,17,20). The Morgan fingerprint density at radius 3 is 2.76 bits per heavy atom. The largest absolute Gasteiger partial charge is 0.465 e. The fourth-order valence-electron chi connectivity index (χ4n) is 2.29. The molecular weight excluding hydrogens is 304 g/mol. The van der Waals surface area contributed by atoms with Gasteiger partial charge in [-0.3, -0.25) is 5.10 Å². The van der Waals surface area contributed by atoms with E-state index in [1.807, 2.05) is 36.6 Å². The van der Waals surface area contributed by atoms with Crippen molar-refractivity contribution in [2.45, 2.75) is 6.92 Å². The van der Waals surface area contributed by atoms with Crippen molar-refractivity contribution in [3.05, 3.63) is 44.7 Å². The normalized spacial score (nSPS) is 10.8. The number of esters is 1. The van der Waals surface area contributed by atoms with E-state index in [1.165, 1.54) is 18.4 Å². The Bertz CT molecular complexity index is 896. The van der Waals surface area contributed by atoms with E-state index in [-0.39, 0.29) is 5.97 Å². The number of rotatable bonds is 2. The minimum atomic E-state index is -0.351. The molecule has 0 fully saturated rings. The number of thiophene rings is 1. The second-order valence-corrected chi connectivity index (χ2v) is 5.85. The van der Waals surface area contributed by atoms with E-state index < -0.39 is 0 Å². The van der Waals surface area contributed by atoms with Gasteiger partial charge in [-0.2, -0.15) is 5.10 Å². The van der Waals surface area contributed by atoms with Crippen LogP contribution in [0.1, 0.15) is 15.2 Å². The number of aromatic amines is 1. The molecule has 0 spiro atoms. The van der Waals surface area contributed by atoms with Gasteiger partial charge < -0.3 is 4.74 Å². The van der Waals surface area contributed by atoms with Gasteiger partial charge in [-0.05, 0) is 17.9 Å². The van der Waals surface area contributed by atoms with Crippen LogP contribution in [0, 0.1) is 11.6 Å². The number of fused-ring (bicyclic) bond motifs is 1. The molecule has 0 unspecified atom stereocenters. The van der Waals surface area contributed by atoms with Crippen molar-refractivity contribution in [2.75, 3.05) is 7.11 Å². The maximum atomic E-state index is 12.0. The summed E-state index contributed by atoms with van der Waals surface area (Å²) in [5.74, 6) is -0.351. The first-order valence-corrected chi connectivity index (χ1v) is 7.56. The first-order valence-electron chi connectivity index (χ1n) is 6.27. The number of hydrogen-bond donors (Lipinski definition) is 1. The molecule has 2 heterocycles. The summed E-state index contributed by atoms with van der Waals surface area (Å²) in [6.07, 6.45) is 0. The Morgan fingerprint density at radius 2 is 2.05 bits per heavy atom. The number of benzene rings is 1. The van der Waals surface area contributed by atoms with Gasteiger partial charge in [0.25, 0.3) is 0 Å². The zero-order chi connectivity index (χ0) is 15.0. The molecule has 0 saturated heterocycles. The molecule has 0 saturated carbocycles. The van der Waals surface area contributed by atoms with Crippen LogP contribution in [-0.4, -0.2) is 23.3 Å². The number of carbonyl (C=O) groups is 1. The van der Waals surface area contributed by atoms with E-state index >= 15 is 0 Å². The molecule has 2 aromatic heterocycles. The lowest BCUT2D eigenvalue weighted by Gasteiger charge is -2.07. The lowest BCUT2D eigenvalue weighted by molar-refractivity contribution is 0.0607. The van der Waals surface area contributed by atoms with E-state index in [0.29, 0.717) is 9.52 Å². The van der Waals surface area contributed by atoms with Crippen LogP contribution < -0.4 is 0 Å². The summed E-state index contributed by atoms with van der Waals surface area (Å²) in [6, 6.07) is 7.76. The zero-order valence-corrected chi connectivity index (χ0v) is 13.1. The number of carbonyl (C=O) groups excluding carboxylic acids is 1. The molecule has 0 aliphatic heterocycles. The Morgan fingerprint density at radius 1 is 1.33 bits per heavy atom. The number of nitrogens with zero attached hydrogens (tertiary/aromatic N) is 1. The van der Waals surface area contributed by atoms with Crippen LogP contribution in [-0.2, 0) is 4.74 Å². The molecule has 6 heteroatoms. The Balaban J connectivity index is 2.37. The number of aromatic nitrogens is 2. The number of nitrogens with one attached hydrogen (secondary N) is 1. The molecule has 1 aromatic carbocycles. The van der Waals surface area contributed by atoms with Gasteiger partial charge in [0, 0.05) is 16.3 Å². The lowest BCUT2D eigenvalue weighted by Crippen LogP contribution is -2.02. The lowest BCUT2D eigenvalue weighted by atomic mass is 10.0. The monoisotopic (exact) mass is 316 g/mol. The van der Waals surface area contributed by atoms with Crippen molar-refractivity contribution in [1.82, 2.24) is 10.2 Å². The zero-order valence-electron chi connectivity index (χ0n) is 11.5. The van der Waals surface area contributed by atoms with Crippen LogP contribution >= 0.6 is 23.6 Å². The summed E-state index contributed by atoms with van der Waals surface area (Å²) in [5, 5.41) is 11.0. The van der Waals surface area contributed by atoms with Gasteiger partial charge in [0.1, 0.15) is 15.2 Å². The molecule has 3 aromatic rings. The third-order valence-corrected chi connectivity index (χ3v) is 4.67. The maximum Gasteiger partial charge on any atom is 0.348 e. The first kappa shape index (κ1) is 13.9. The highest BCUT2D eigenvalue weighted by Gasteiger charge is 2.21. The van der Waals surface area contributed by atoms with Gasteiger partial charge in [0.2, 0.25) is 0 Å². The fraction of sp³-hybridized carbons (Fsp3) is 0.133. The Kier molecular flexibility index (Phi) is 3.57. The second kappa shape index (κ2) is 5.38. The summed E-state index contributed by atoms with van der Waals surface area (Å²) in [6.45, 7) is 1.95. The highest BCUT2D eigenvalue weighted by molar-refractivity contribution is 7.71. The topological polar surface area (TPSA) is 55.0 Å². The highest BCUT2D eigenvalue weighted by Crippen LogP contribution is 2.35. The molecule has 106 valence electrons. The second-order valence-electron chi connectivity index (χ2n) is 4.56. The molecule has 1 N–H and O–H groups in total. The highest BCUT2D eigenvalue weighted by atomic mass is 32.1. The number of aryl methyl sites for hydroxylation is 1. The molecule has 0 bridgehead atoms. The number of ether oxygens (including phenoxy) is 1. The summed E-state index contributed by atoms with van der Waals surface area (Å²) < 4.78 is 5.45. The minimum Gasteiger partial charge on any atom is -0.465 e. The van der Waals surface area contributed by atoms with Gasteiger partial charge in [0.05, 0.1) is 7.11 Å². The van der Waals surface area contributed by atoms with Gasteiger partial charge in [-0.1, -0.05) is 36.5 Å². The average Bonchev–Trinajstić information content (AvgIpc) is 2.89. The summed E-state index contributed by atoms with van der Waals surface area (Å²) in [5.41, 5.74) is 2.51. The molecule has 0 radical (unpaired) electrons. The van der Waals surface area contributed by atoms with Crippen LogP contribution in [0.4, 0.5) is 0 Å². The molecule has 0 amide bonds. The molecule has 0 aliphatic rings.